The maximum Gasteiger partial charge on any atom is 0.0553 e. The van der Waals surface area contributed by atoms with Crippen molar-refractivity contribution in [1.29, 1.82) is 0 Å². The van der Waals surface area contributed by atoms with E-state index >= 15 is 0 Å². The Morgan fingerprint density at radius 1 is 0.929 bits per heavy atom. The molecule has 0 aliphatic carbocycles. The molecule has 0 saturated carbocycles. The van der Waals surface area contributed by atoms with Crippen LogP contribution in [0, 0.1) is 0 Å². The van der Waals surface area contributed by atoms with Crippen LogP contribution < -0.4 is 0 Å². The first-order valence-corrected chi connectivity index (χ1v) is 6.78. The first kappa shape index (κ1) is 14.6. The molecule has 0 aromatic rings. The predicted octanol–water partition coefficient (Wildman–Crippen LogP) is 5.36. The maximum atomic E-state index is 6.15. The van der Waals surface area contributed by atoms with Crippen molar-refractivity contribution < 1.29 is 0 Å². The molecule has 1 unspecified atom stereocenters. The fourth-order valence-electron chi connectivity index (χ4n) is 1.52. The van der Waals surface area contributed by atoms with Gasteiger partial charge in [0, 0.05) is 5.88 Å². The molecule has 0 nitrogen and oxygen atoms in total. The zero-order valence-corrected chi connectivity index (χ0v) is 11.1. The van der Waals surface area contributed by atoms with Gasteiger partial charge in [0.15, 0.2) is 0 Å². The molecule has 0 aromatic heterocycles. The smallest absolute Gasteiger partial charge is 0.0553 e. The summed E-state index contributed by atoms with van der Waals surface area (Å²) in [7, 11) is 0. The lowest BCUT2D eigenvalue weighted by Crippen LogP contribution is -2.17. The van der Waals surface area contributed by atoms with E-state index in [1.54, 1.807) is 0 Å². The lowest BCUT2D eigenvalue weighted by atomic mass is 10.0. The van der Waals surface area contributed by atoms with Crippen molar-refractivity contribution >= 4 is 23.2 Å². The average molecular weight is 239 g/mol. The van der Waals surface area contributed by atoms with Gasteiger partial charge in [0.1, 0.15) is 0 Å². The maximum absolute atomic E-state index is 6.15. The largest absolute Gasteiger partial charge is 0.125 e. The third-order valence-electron chi connectivity index (χ3n) is 2.58. The lowest BCUT2D eigenvalue weighted by Gasteiger charge is -2.17. The zero-order chi connectivity index (χ0) is 10.9. The van der Waals surface area contributed by atoms with Crippen LogP contribution in [-0.2, 0) is 0 Å². The van der Waals surface area contributed by atoms with Crippen molar-refractivity contribution in [2.75, 3.05) is 5.88 Å². The molecule has 0 rings (SSSR count). The van der Waals surface area contributed by atoms with Gasteiger partial charge in [-0.2, -0.15) is 0 Å². The number of rotatable bonds is 9. The number of hydrogen-bond acceptors (Lipinski definition) is 0. The van der Waals surface area contributed by atoms with Gasteiger partial charge in [-0.05, 0) is 13.3 Å². The Hall–Kier alpha value is 0.580. The van der Waals surface area contributed by atoms with E-state index < -0.39 is 0 Å². The van der Waals surface area contributed by atoms with Crippen LogP contribution in [0.3, 0.4) is 0 Å². The molecule has 1 atom stereocenters. The minimum Gasteiger partial charge on any atom is -0.125 e. The van der Waals surface area contributed by atoms with E-state index in [0.717, 1.165) is 6.42 Å². The zero-order valence-electron chi connectivity index (χ0n) is 9.62. The van der Waals surface area contributed by atoms with Gasteiger partial charge in [-0.3, -0.25) is 0 Å². The minimum atomic E-state index is -0.176. The van der Waals surface area contributed by atoms with Gasteiger partial charge >= 0.3 is 0 Å². The predicted molar refractivity (Wildman–Crippen MR) is 67.6 cm³/mol. The number of unbranched alkanes of at least 4 members (excludes halogenated alkanes) is 6. The van der Waals surface area contributed by atoms with Gasteiger partial charge in [0.25, 0.3) is 0 Å². The van der Waals surface area contributed by atoms with Crippen molar-refractivity contribution in [1.82, 2.24) is 0 Å². The molecule has 0 fully saturated rings. The van der Waals surface area contributed by atoms with Crippen LogP contribution in [0.5, 0.6) is 0 Å². The van der Waals surface area contributed by atoms with Crippen molar-refractivity contribution in [2.24, 2.45) is 0 Å². The minimum absolute atomic E-state index is 0.176. The molecule has 0 bridgehead atoms. The number of halogens is 2. The summed E-state index contributed by atoms with van der Waals surface area (Å²) in [6, 6.07) is 0. The molecule has 14 heavy (non-hydrogen) atoms. The highest BCUT2D eigenvalue weighted by Gasteiger charge is 2.17. The molecule has 0 amide bonds. The van der Waals surface area contributed by atoms with Crippen LogP contribution in [0.25, 0.3) is 0 Å². The first-order valence-electron chi connectivity index (χ1n) is 5.87. The summed E-state index contributed by atoms with van der Waals surface area (Å²) < 4.78 is 0. The van der Waals surface area contributed by atoms with Gasteiger partial charge in [0.05, 0.1) is 4.87 Å². The van der Waals surface area contributed by atoms with Gasteiger partial charge < -0.3 is 0 Å². The molecular formula is C12H24Cl2. The fraction of sp³-hybridized carbons (Fsp3) is 1.00. The summed E-state index contributed by atoms with van der Waals surface area (Å²) in [6.45, 7) is 4.28. The topological polar surface area (TPSA) is 0 Å². The molecule has 0 radical (unpaired) electrons. The highest BCUT2D eigenvalue weighted by Crippen LogP contribution is 2.24. The summed E-state index contributed by atoms with van der Waals surface area (Å²) in [4.78, 5) is -0.176. The first-order chi connectivity index (χ1) is 6.62. The molecule has 0 spiro atoms. The van der Waals surface area contributed by atoms with Crippen LogP contribution >= 0.6 is 23.2 Å². The molecular weight excluding hydrogens is 215 g/mol. The Bertz CT molecular complexity index is 121. The molecule has 0 heterocycles. The van der Waals surface area contributed by atoms with Crippen molar-refractivity contribution in [2.45, 2.75) is 70.1 Å². The molecule has 0 aliphatic rings. The Balaban J connectivity index is 3.13. The highest BCUT2D eigenvalue weighted by molar-refractivity contribution is 6.30. The summed E-state index contributed by atoms with van der Waals surface area (Å²) in [5.74, 6) is 0.560. The summed E-state index contributed by atoms with van der Waals surface area (Å²) in [5.41, 5.74) is 0. The van der Waals surface area contributed by atoms with E-state index in [0.29, 0.717) is 5.88 Å². The molecule has 2 heteroatoms. The Kier molecular flexibility index (Phi) is 9.22. The fourth-order valence-corrected chi connectivity index (χ4v) is 1.78. The molecule has 0 N–H and O–H groups in total. The Morgan fingerprint density at radius 2 is 1.43 bits per heavy atom. The van der Waals surface area contributed by atoms with Gasteiger partial charge in [-0.15, -0.1) is 23.2 Å². The monoisotopic (exact) mass is 238 g/mol. The molecule has 0 aromatic carbocycles. The van der Waals surface area contributed by atoms with E-state index in [2.05, 4.69) is 6.92 Å². The summed E-state index contributed by atoms with van der Waals surface area (Å²) in [6.07, 6.45) is 10.4. The van der Waals surface area contributed by atoms with Crippen LogP contribution in [-0.4, -0.2) is 10.8 Å². The number of hydrogen-bond donors (Lipinski definition) is 0. The Labute approximate surface area is 99.4 Å². The van der Waals surface area contributed by atoms with Crippen LogP contribution in [0.4, 0.5) is 0 Å². The second kappa shape index (κ2) is 8.85. The quantitative estimate of drug-likeness (QED) is 0.375. The summed E-state index contributed by atoms with van der Waals surface area (Å²) >= 11 is 11.9. The molecule has 0 aliphatic heterocycles. The normalized spacial score (nSPS) is 15.4. The molecule has 86 valence electrons. The van der Waals surface area contributed by atoms with E-state index in [4.69, 9.17) is 23.2 Å². The highest BCUT2D eigenvalue weighted by atomic mass is 35.5. The van der Waals surface area contributed by atoms with E-state index in [-0.39, 0.29) is 4.87 Å². The average Bonchev–Trinajstić information content (AvgIpc) is 2.16. The third kappa shape index (κ3) is 9.15. The SMILES string of the molecule is CCCCCCCCCC(C)(Cl)CCl. The standard InChI is InChI=1S/C12H24Cl2/c1-3-4-5-6-7-8-9-10-12(2,14)11-13/h3-11H2,1-2H3. The van der Waals surface area contributed by atoms with E-state index in [9.17, 15) is 0 Å². The van der Waals surface area contributed by atoms with Crippen LogP contribution in [0.2, 0.25) is 0 Å². The van der Waals surface area contributed by atoms with Crippen LogP contribution in [0.1, 0.15) is 65.2 Å². The second-order valence-corrected chi connectivity index (χ2v) is 5.60. The third-order valence-corrected chi connectivity index (χ3v) is 3.63. The van der Waals surface area contributed by atoms with Gasteiger partial charge in [0.2, 0.25) is 0 Å². The van der Waals surface area contributed by atoms with Crippen LogP contribution in [0.15, 0.2) is 0 Å². The van der Waals surface area contributed by atoms with Gasteiger partial charge in [-0.25, -0.2) is 0 Å². The van der Waals surface area contributed by atoms with Crippen molar-refractivity contribution in [3.8, 4) is 0 Å². The Morgan fingerprint density at radius 3 is 1.93 bits per heavy atom. The molecule has 0 saturated heterocycles. The second-order valence-electron chi connectivity index (χ2n) is 4.42. The number of alkyl halides is 2. The van der Waals surface area contributed by atoms with E-state index in [1.807, 2.05) is 6.92 Å². The summed E-state index contributed by atoms with van der Waals surface area (Å²) in [5, 5.41) is 0. The van der Waals surface area contributed by atoms with Crippen molar-refractivity contribution in [3.63, 3.8) is 0 Å². The van der Waals surface area contributed by atoms with Gasteiger partial charge in [-0.1, -0.05) is 51.9 Å². The van der Waals surface area contributed by atoms with Crippen molar-refractivity contribution in [3.05, 3.63) is 0 Å². The lowest BCUT2D eigenvalue weighted by molar-refractivity contribution is 0.534. The van der Waals surface area contributed by atoms with E-state index in [1.165, 1.54) is 44.9 Å².